The summed E-state index contributed by atoms with van der Waals surface area (Å²) in [5.74, 6) is -2.48. The topological polar surface area (TPSA) is 108 Å². The Hall–Kier alpha value is -2.90. The van der Waals surface area contributed by atoms with Crippen LogP contribution in [-0.4, -0.2) is 35.0 Å². The van der Waals surface area contributed by atoms with E-state index in [9.17, 15) is 19.2 Å². The third kappa shape index (κ3) is 13.5. The zero-order chi connectivity index (χ0) is 27.0. The maximum atomic E-state index is 12.8. The second kappa shape index (κ2) is 12.2. The van der Waals surface area contributed by atoms with E-state index in [0.29, 0.717) is 12.0 Å². The van der Waals surface area contributed by atoms with Crippen LogP contribution in [-0.2, 0) is 35.1 Å². The fourth-order valence-corrected chi connectivity index (χ4v) is 3.03. The van der Waals surface area contributed by atoms with E-state index >= 15 is 0 Å². The third-order valence-corrected chi connectivity index (χ3v) is 4.48. The first-order chi connectivity index (χ1) is 15.8. The Morgan fingerprint density at radius 2 is 1.37 bits per heavy atom. The zero-order valence-corrected chi connectivity index (χ0v) is 22.6. The van der Waals surface area contributed by atoms with Crippen molar-refractivity contribution in [2.45, 2.75) is 99.2 Å². The minimum atomic E-state index is -0.680. The first-order valence-corrected chi connectivity index (χ1v) is 11.9. The van der Waals surface area contributed by atoms with Crippen LogP contribution in [0.2, 0.25) is 0 Å². The molecular formula is C27H41NO7. The summed E-state index contributed by atoms with van der Waals surface area (Å²) in [6.45, 7) is 16.4. The Balaban J connectivity index is 2.81. The quantitative estimate of drug-likeness (QED) is 0.312. The van der Waals surface area contributed by atoms with Crippen molar-refractivity contribution in [3.8, 4) is 0 Å². The van der Waals surface area contributed by atoms with Crippen LogP contribution >= 0.6 is 0 Å². The highest BCUT2D eigenvalue weighted by Crippen LogP contribution is 2.21. The largest absolute Gasteiger partial charge is 0.460 e. The van der Waals surface area contributed by atoms with Crippen molar-refractivity contribution in [3.63, 3.8) is 0 Å². The van der Waals surface area contributed by atoms with Crippen molar-refractivity contribution >= 4 is 23.8 Å². The summed E-state index contributed by atoms with van der Waals surface area (Å²) < 4.78 is 10.9. The average molecular weight is 492 g/mol. The van der Waals surface area contributed by atoms with Gasteiger partial charge in [0.05, 0.1) is 17.9 Å². The lowest BCUT2D eigenvalue weighted by Gasteiger charge is -2.24. The molecule has 0 heterocycles. The van der Waals surface area contributed by atoms with Crippen LogP contribution in [0.4, 0.5) is 0 Å². The Kier molecular flexibility index (Phi) is 10.5. The van der Waals surface area contributed by atoms with Crippen LogP contribution in [0.1, 0.15) is 97.5 Å². The number of carbonyl (C=O) groups is 4. The van der Waals surface area contributed by atoms with Gasteiger partial charge in [0.25, 0.3) is 5.91 Å². The van der Waals surface area contributed by atoms with Crippen LogP contribution in [0.15, 0.2) is 24.3 Å². The number of rotatable bonds is 8. The van der Waals surface area contributed by atoms with Gasteiger partial charge in [0.15, 0.2) is 0 Å². The zero-order valence-electron chi connectivity index (χ0n) is 22.6. The van der Waals surface area contributed by atoms with Gasteiger partial charge in [-0.1, -0.05) is 32.9 Å². The maximum Gasteiger partial charge on any atom is 0.338 e. The molecule has 196 valence electrons. The number of esters is 2. The standard InChI is InChI=1S/C27H41NO7/c1-25(2,3)17-22(30)35-28-21(29)15-14-20(24(32)34-27(7,8)9)16-18-10-12-19(13-11-18)23(31)33-26(4,5)6/h10-13,20H,14-17H2,1-9H3,(H,28,29). The number of hydrogen-bond donors (Lipinski definition) is 1. The summed E-state index contributed by atoms with van der Waals surface area (Å²) in [4.78, 5) is 53.9. The number of ether oxygens (including phenoxy) is 2. The smallest absolute Gasteiger partial charge is 0.338 e. The number of carbonyl (C=O) groups excluding carboxylic acids is 4. The lowest BCUT2D eigenvalue weighted by atomic mass is 9.93. The second-order valence-electron chi connectivity index (χ2n) is 11.9. The molecule has 1 aromatic carbocycles. The Labute approximate surface area is 209 Å². The van der Waals surface area contributed by atoms with E-state index in [4.69, 9.17) is 14.3 Å². The Bertz CT molecular complexity index is 884. The molecule has 0 fully saturated rings. The van der Waals surface area contributed by atoms with E-state index in [1.54, 1.807) is 65.8 Å². The third-order valence-electron chi connectivity index (χ3n) is 4.48. The van der Waals surface area contributed by atoms with E-state index in [2.05, 4.69) is 5.48 Å². The first kappa shape index (κ1) is 30.1. The van der Waals surface area contributed by atoms with Gasteiger partial charge >= 0.3 is 17.9 Å². The molecule has 8 nitrogen and oxygen atoms in total. The molecule has 0 radical (unpaired) electrons. The number of hydrogen-bond acceptors (Lipinski definition) is 7. The molecule has 1 rings (SSSR count). The monoisotopic (exact) mass is 491 g/mol. The molecule has 0 spiro atoms. The molecule has 1 N–H and O–H groups in total. The van der Waals surface area contributed by atoms with Gasteiger partial charge in [-0.25, -0.2) is 9.59 Å². The number of hydroxylamine groups is 1. The maximum absolute atomic E-state index is 12.8. The van der Waals surface area contributed by atoms with Crippen LogP contribution in [0.3, 0.4) is 0 Å². The molecule has 1 aromatic rings. The van der Waals surface area contributed by atoms with E-state index in [1.165, 1.54) is 0 Å². The highest BCUT2D eigenvalue weighted by molar-refractivity contribution is 5.89. The van der Waals surface area contributed by atoms with Crippen molar-refractivity contribution in [1.82, 2.24) is 5.48 Å². The number of benzene rings is 1. The molecule has 1 unspecified atom stereocenters. The average Bonchev–Trinajstić information content (AvgIpc) is 2.66. The van der Waals surface area contributed by atoms with Gasteiger partial charge in [-0.3, -0.25) is 9.59 Å². The molecule has 0 aliphatic carbocycles. The number of nitrogens with one attached hydrogen (secondary N) is 1. The summed E-state index contributed by atoms with van der Waals surface area (Å²) in [5.41, 5.74) is 1.84. The summed E-state index contributed by atoms with van der Waals surface area (Å²) >= 11 is 0. The normalized spacial score (nSPS) is 12.9. The summed E-state index contributed by atoms with van der Waals surface area (Å²) in [6.07, 6.45) is 0.655. The van der Waals surface area contributed by atoms with E-state index in [1.807, 2.05) is 20.8 Å². The minimum Gasteiger partial charge on any atom is -0.460 e. The van der Waals surface area contributed by atoms with Gasteiger partial charge in [0.2, 0.25) is 0 Å². The molecule has 8 heteroatoms. The molecule has 35 heavy (non-hydrogen) atoms. The highest BCUT2D eigenvalue weighted by Gasteiger charge is 2.27. The van der Waals surface area contributed by atoms with Crippen molar-refractivity contribution in [2.75, 3.05) is 0 Å². The van der Waals surface area contributed by atoms with Crippen molar-refractivity contribution in [2.24, 2.45) is 11.3 Å². The summed E-state index contributed by atoms with van der Waals surface area (Å²) in [6, 6.07) is 6.81. The molecule has 0 bridgehead atoms. The molecule has 0 aromatic heterocycles. The van der Waals surface area contributed by atoms with Gasteiger partial charge < -0.3 is 14.3 Å². The van der Waals surface area contributed by atoms with E-state index in [0.717, 1.165) is 5.56 Å². The van der Waals surface area contributed by atoms with Gasteiger partial charge in [0.1, 0.15) is 11.2 Å². The molecular weight excluding hydrogens is 450 g/mol. The molecule has 0 saturated carbocycles. The SMILES string of the molecule is CC(C)(C)CC(=O)ONC(=O)CCC(Cc1ccc(C(=O)OC(C)(C)C)cc1)C(=O)OC(C)(C)C. The number of amides is 1. The predicted octanol–water partition coefficient (Wildman–Crippen LogP) is 4.93. The summed E-state index contributed by atoms with van der Waals surface area (Å²) in [5, 5.41) is 0. The van der Waals surface area contributed by atoms with Crippen molar-refractivity contribution < 1.29 is 33.5 Å². The summed E-state index contributed by atoms with van der Waals surface area (Å²) in [7, 11) is 0. The molecule has 1 amide bonds. The van der Waals surface area contributed by atoms with Crippen LogP contribution in [0.5, 0.6) is 0 Å². The van der Waals surface area contributed by atoms with Crippen molar-refractivity contribution in [3.05, 3.63) is 35.4 Å². The first-order valence-electron chi connectivity index (χ1n) is 11.9. The van der Waals surface area contributed by atoms with Crippen molar-refractivity contribution in [1.29, 1.82) is 0 Å². The van der Waals surface area contributed by atoms with Crippen LogP contribution in [0.25, 0.3) is 0 Å². The molecule has 0 saturated heterocycles. The van der Waals surface area contributed by atoms with Crippen LogP contribution in [0, 0.1) is 11.3 Å². The van der Waals surface area contributed by atoms with E-state index < -0.39 is 40.9 Å². The predicted molar refractivity (Wildman–Crippen MR) is 132 cm³/mol. The Morgan fingerprint density at radius 3 is 1.86 bits per heavy atom. The van der Waals surface area contributed by atoms with Gasteiger partial charge in [-0.05, 0) is 77.5 Å². The van der Waals surface area contributed by atoms with E-state index in [-0.39, 0.29) is 24.7 Å². The van der Waals surface area contributed by atoms with Gasteiger partial charge in [-0.15, -0.1) is 0 Å². The minimum absolute atomic E-state index is 0.0251. The molecule has 0 aliphatic heterocycles. The second-order valence-corrected chi connectivity index (χ2v) is 11.9. The van der Waals surface area contributed by atoms with Gasteiger partial charge in [-0.2, -0.15) is 5.48 Å². The Morgan fingerprint density at radius 1 is 0.829 bits per heavy atom. The highest BCUT2D eigenvalue weighted by atomic mass is 16.7. The molecule has 0 aliphatic rings. The van der Waals surface area contributed by atoms with Crippen LogP contribution < -0.4 is 5.48 Å². The fraction of sp³-hybridized carbons (Fsp3) is 0.630. The fourth-order valence-electron chi connectivity index (χ4n) is 3.03. The lowest BCUT2D eigenvalue weighted by Crippen LogP contribution is -2.32. The lowest BCUT2D eigenvalue weighted by molar-refractivity contribution is -0.162. The molecule has 1 atom stereocenters. The van der Waals surface area contributed by atoms with Gasteiger partial charge in [0, 0.05) is 6.42 Å².